The molecule has 134 valence electrons. The highest BCUT2D eigenvalue weighted by atomic mass is 16.5. The van der Waals surface area contributed by atoms with Gasteiger partial charge in [0.2, 0.25) is 0 Å². The van der Waals surface area contributed by atoms with E-state index in [0.717, 1.165) is 34.5 Å². The minimum absolute atomic E-state index is 0.131. The van der Waals surface area contributed by atoms with E-state index >= 15 is 0 Å². The van der Waals surface area contributed by atoms with Crippen LogP contribution in [0.5, 0.6) is 5.75 Å². The van der Waals surface area contributed by atoms with E-state index in [2.05, 4.69) is 6.58 Å². The molecule has 0 amide bonds. The number of fused-ring (bicyclic) bond motifs is 1. The number of hydrogen-bond donors (Lipinski definition) is 0. The van der Waals surface area contributed by atoms with E-state index in [1.54, 1.807) is 0 Å². The Balaban J connectivity index is 1.67. The summed E-state index contributed by atoms with van der Waals surface area (Å²) in [7, 11) is 0. The van der Waals surface area contributed by atoms with Gasteiger partial charge in [0.1, 0.15) is 17.1 Å². The quantitative estimate of drug-likeness (QED) is 0.412. The second kappa shape index (κ2) is 8.39. The number of benzene rings is 2. The molecule has 0 fully saturated rings. The van der Waals surface area contributed by atoms with Crippen molar-refractivity contribution in [3.63, 3.8) is 0 Å². The summed E-state index contributed by atoms with van der Waals surface area (Å²) in [5.41, 5.74) is 1.83. The monoisotopic (exact) mass is 350 g/mol. The van der Waals surface area contributed by atoms with Crippen molar-refractivity contribution in [3.05, 3.63) is 67.3 Å². The smallest absolute Gasteiger partial charge is 0.330 e. The molecule has 0 radical (unpaired) electrons. The third-order valence-electron chi connectivity index (χ3n) is 4.24. The molecule has 4 nitrogen and oxygen atoms in total. The van der Waals surface area contributed by atoms with Crippen LogP contribution in [0, 0.1) is 5.92 Å². The molecule has 1 atom stereocenters. The molecule has 2 aromatic carbocycles. The van der Waals surface area contributed by atoms with Gasteiger partial charge in [-0.2, -0.15) is 0 Å². The number of rotatable bonds is 8. The average Bonchev–Trinajstić information content (AvgIpc) is 3.12. The molecule has 0 spiro atoms. The lowest BCUT2D eigenvalue weighted by atomic mass is 10.1. The Hall–Kier alpha value is -3.01. The van der Waals surface area contributed by atoms with Crippen molar-refractivity contribution in [3.8, 4) is 17.1 Å². The summed E-state index contributed by atoms with van der Waals surface area (Å²) in [6, 6.07) is 17.8. The van der Waals surface area contributed by atoms with Crippen LogP contribution in [0.25, 0.3) is 22.3 Å². The molecule has 0 bridgehead atoms. The minimum Gasteiger partial charge on any atom is -0.493 e. The second-order valence-corrected chi connectivity index (χ2v) is 6.10. The van der Waals surface area contributed by atoms with Crippen molar-refractivity contribution < 1.29 is 18.7 Å². The van der Waals surface area contributed by atoms with Crippen molar-refractivity contribution in [2.24, 2.45) is 5.92 Å². The van der Waals surface area contributed by atoms with Gasteiger partial charge in [-0.3, -0.25) is 0 Å². The van der Waals surface area contributed by atoms with Crippen LogP contribution in [0.4, 0.5) is 0 Å². The Labute approximate surface area is 153 Å². The van der Waals surface area contributed by atoms with Gasteiger partial charge in [0, 0.05) is 29.0 Å². The number of hydrogen-bond acceptors (Lipinski definition) is 4. The Kier molecular flexibility index (Phi) is 5.74. The zero-order valence-corrected chi connectivity index (χ0v) is 14.8. The topological polar surface area (TPSA) is 48.7 Å². The summed E-state index contributed by atoms with van der Waals surface area (Å²) >= 11 is 0. The SMILES string of the molecule is C=CC(=O)OCC(CC)COc1ccc2cc(-c3ccccc3)oc2c1. The van der Waals surface area contributed by atoms with Crippen LogP contribution in [-0.4, -0.2) is 19.2 Å². The summed E-state index contributed by atoms with van der Waals surface area (Å²) in [6.07, 6.45) is 2.02. The molecule has 26 heavy (non-hydrogen) atoms. The Morgan fingerprint density at radius 3 is 2.69 bits per heavy atom. The molecule has 0 aliphatic carbocycles. The van der Waals surface area contributed by atoms with Gasteiger partial charge in [0.05, 0.1) is 13.2 Å². The predicted octanol–water partition coefficient (Wildman–Crippen LogP) is 5.23. The lowest BCUT2D eigenvalue weighted by molar-refractivity contribution is -0.139. The van der Waals surface area contributed by atoms with E-state index < -0.39 is 5.97 Å². The molecule has 3 rings (SSSR count). The van der Waals surface area contributed by atoms with Gasteiger partial charge < -0.3 is 13.9 Å². The first-order valence-electron chi connectivity index (χ1n) is 8.70. The first-order valence-corrected chi connectivity index (χ1v) is 8.70. The fraction of sp³-hybridized carbons (Fsp3) is 0.227. The third kappa shape index (κ3) is 4.33. The summed E-state index contributed by atoms with van der Waals surface area (Å²) in [5, 5.41) is 1.03. The molecule has 0 saturated carbocycles. The van der Waals surface area contributed by atoms with Gasteiger partial charge in [-0.15, -0.1) is 0 Å². The highest BCUT2D eigenvalue weighted by Crippen LogP contribution is 2.30. The fourth-order valence-electron chi connectivity index (χ4n) is 2.60. The van der Waals surface area contributed by atoms with Crippen molar-refractivity contribution >= 4 is 16.9 Å². The van der Waals surface area contributed by atoms with Crippen LogP contribution in [0.3, 0.4) is 0 Å². The predicted molar refractivity (Wildman–Crippen MR) is 102 cm³/mol. The maximum atomic E-state index is 11.2. The number of ether oxygens (including phenoxy) is 2. The van der Waals surface area contributed by atoms with E-state index in [0.29, 0.717) is 13.2 Å². The van der Waals surface area contributed by atoms with Crippen LogP contribution in [0.2, 0.25) is 0 Å². The maximum absolute atomic E-state index is 11.2. The van der Waals surface area contributed by atoms with Crippen LogP contribution in [0.15, 0.2) is 71.7 Å². The summed E-state index contributed by atoms with van der Waals surface area (Å²) in [6.45, 7) is 6.23. The lowest BCUT2D eigenvalue weighted by Crippen LogP contribution is -2.19. The number of furan rings is 1. The molecular weight excluding hydrogens is 328 g/mol. The number of carbonyl (C=O) groups excluding carboxylic acids is 1. The Morgan fingerprint density at radius 1 is 1.15 bits per heavy atom. The highest BCUT2D eigenvalue weighted by Gasteiger charge is 2.11. The van der Waals surface area contributed by atoms with E-state index in [9.17, 15) is 4.79 Å². The zero-order valence-electron chi connectivity index (χ0n) is 14.8. The van der Waals surface area contributed by atoms with Crippen molar-refractivity contribution in [1.82, 2.24) is 0 Å². The lowest BCUT2D eigenvalue weighted by Gasteiger charge is -2.15. The first kappa shape index (κ1) is 17.8. The van der Waals surface area contributed by atoms with Crippen LogP contribution in [-0.2, 0) is 9.53 Å². The molecule has 0 aliphatic rings. The van der Waals surface area contributed by atoms with Gasteiger partial charge in [0.15, 0.2) is 0 Å². The highest BCUT2D eigenvalue weighted by molar-refractivity contribution is 5.84. The van der Waals surface area contributed by atoms with E-state index in [1.165, 1.54) is 6.08 Å². The summed E-state index contributed by atoms with van der Waals surface area (Å²) in [5.74, 6) is 1.29. The standard InChI is InChI=1S/C22H22O4/c1-3-16(15-25-22(23)4-2)14-24-19-11-10-18-12-20(26-21(18)13-19)17-8-6-5-7-9-17/h4-13,16H,2-3,14-15H2,1H3. The van der Waals surface area contributed by atoms with E-state index in [1.807, 2.05) is 61.5 Å². The molecular formula is C22H22O4. The molecule has 4 heteroatoms. The maximum Gasteiger partial charge on any atom is 0.330 e. The second-order valence-electron chi connectivity index (χ2n) is 6.10. The van der Waals surface area contributed by atoms with Crippen molar-refractivity contribution in [2.75, 3.05) is 13.2 Å². The molecule has 1 aromatic heterocycles. The molecule has 0 N–H and O–H groups in total. The molecule has 0 aliphatic heterocycles. The van der Waals surface area contributed by atoms with Crippen molar-refractivity contribution in [1.29, 1.82) is 0 Å². The fourth-order valence-corrected chi connectivity index (χ4v) is 2.60. The number of carbonyl (C=O) groups is 1. The Bertz CT molecular complexity index is 880. The first-order chi connectivity index (χ1) is 12.7. The minimum atomic E-state index is -0.408. The molecule has 0 saturated heterocycles. The molecule has 3 aromatic rings. The van der Waals surface area contributed by atoms with Gasteiger partial charge in [-0.25, -0.2) is 4.79 Å². The van der Waals surface area contributed by atoms with Crippen LogP contribution in [0.1, 0.15) is 13.3 Å². The zero-order chi connectivity index (χ0) is 18.4. The molecule has 1 heterocycles. The largest absolute Gasteiger partial charge is 0.493 e. The van der Waals surface area contributed by atoms with E-state index in [4.69, 9.17) is 13.9 Å². The van der Waals surface area contributed by atoms with Gasteiger partial charge in [-0.1, -0.05) is 43.8 Å². The molecule has 1 unspecified atom stereocenters. The third-order valence-corrected chi connectivity index (χ3v) is 4.24. The van der Waals surface area contributed by atoms with Crippen molar-refractivity contribution in [2.45, 2.75) is 13.3 Å². The average molecular weight is 350 g/mol. The van der Waals surface area contributed by atoms with Gasteiger partial charge in [-0.05, 0) is 24.6 Å². The summed E-state index contributed by atoms with van der Waals surface area (Å²) in [4.78, 5) is 11.2. The van der Waals surface area contributed by atoms with Crippen LogP contribution < -0.4 is 4.74 Å². The number of esters is 1. The van der Waals surface area contributed by atoms with Crippen LogP contribution >= 0.6 is 0 Å². The normalized spacial score (nSPS) is 11.9. The van der Waals surface area contributed by atoms with Gasteiger partial charge >= 0.3 is 5.97 Å². The Morgan fingerprint density at radius 2 is 1.96 bits per heavy atom. The van der Waals surface area contributed by atoms with Gasteiger partial charge in [0.25, 0.3) is 0 Å². The van der Waals surface area contributed by atoms with E-state index in [-0.39, 0.29) is 5.92 Å². The summed E-state index contributed by atoms with van der Waals surface area (Å²) < 4.78 is 16.9.